The van der Waals surface area contributed by atoms with Crippen molar-refractivity contribution in [1.82, 2.24) is 0 Å². The summed E-state index contributed by atoms with van der Waals surface area (Å²) >= 11 is 0. The van der Waals surface area contributed by atoms with Crippen molar-refractivity contribution in [3.8, 4) is 22.3 Å². The molecule has 0 spiro atoms. The number of hydrogen-bond donors (Lipinski definition) is 0. The summed E-state index contributed by atoms with van der Waals surface area (Å²) in [5.41, 5.74) is 28.1. The molecule has 0 aromatic heterocycles. The number of benzene rings is 14. The van der Waals surface area contributed by atoms with Crippen molar-refractivity contribution < 1.29 is 0 Å². The maximum Gasteiger partial charge on any atom is -0.0146 e. The van der Waals surface area contributed by atoms with Crippen LogP contribution in [0.15, 0.2) is 291 Å². The molecular weight excluding hydrogens is 1490 g/mol. The van der Waals surface area contributed by atoms with Gasteiger partial charge in [0.25, 0.3) is 0 Å². The molecule has 0 saturated heterocycles. The van der Waals surface area contributed by atoms with Crippen LogP contribution in [0, 0.1) is 0 Å². The smallest absolute Gasteiger partial charge is 0.0146 e. The van der Waals surface area contributed by atoms with Crippen LogP contribution in [-0.4, -0.2) is 0 Å². The average molecular weight is 1650 g/mol. The van der Waals surface area contributed by atoms with Crippen LogP contribution in [0.3, 0.4) is 0 Å². The van der Waals surface area contributed by atoms with Crippen molar-refractivity contribution in [2.75, 3.05) is 0 Å². The predicted molar refractivity (Wildman–Crippen MR) is 558 cm³/mol. The molecular formula is C124H160. The van der Waals surface area contributed by atoms with E-state index in [9.17, 15) is 0 Å². The van der Waals surface area contributed by atoms with Crippen LogP contribution in [0.5, 0.6) is 0 Å². The SMILES string of the molecule is CC(C)c1ccc(-c2ccc(C(C)C)cc2)cc1.CC(C)c1ccc(C(C)C)c2ccccc12.CC(C)c1ccc(C(C)C)cc1.CC(C)c1ccc2cc(C(C)C)ccc2c1.CC(C)c1ccc2ccc(C(C)C)cc2c1.CC(C)c1cccc(-c2cccc(C(C)C)c2)c1.CC(C)c1cccc(C(C)C)c1.CC(C)c1cccc2c(C(C)C)cccc12. The van der Waals surface area contributed by atoms with Gasteiger partial charge in [0.1, 0.15) is 0 Å². The molecule has 0 bridgehead atoms. The van der Waals surface area contributed by atoms with Crippen LogP contribution in [0.1, 0.15) is 405 Å². The summed E-state index contributed by atoms with van der Waals surface area (Å²) in [7, 11) is 0. The first-order chi connectivity index (χ1) is 58.7. The maximum atomic E-state index is 2.33. The molecule has 0 heterocycles. The number of rotatable bonds is 18. The Kier molecular flexibility index (Phi) is 40.1. The summed E-state index contributed by atoms with van der Waals surface area (Å²) in [6.07, 6.45) is 0. The van der Waals surface area contributed by atoms with E-state index >= 15 is 0 Å². The Balaban J connectivity index is 0.000000195. The Morgan fingerprint density at radius 1 is 0.113 bits per heavy atom. The van der Waals surface area contributed by atoms with Crippen molar-refractivity contribution >= 4 is 43.1 Å². The zero-order chi connectivity index (χ0) is 91.3. The lowest BCUT2D eigenvalue weighted by Crippen LogP contribution is -1.95. The molecule has 14 rings (SSSR count). The highest BCUT2D eigenvalue weighted by Crippen LogP contribution is 2.36. The van der Waals surface area contributed by atoms with E-state index in [2.05, 4.69) is 513 Å². The van der Waals surface area contributed by atoms with E-state index in [1.54, 1.807) is 0 Å². The van der Waals surface area contributed by atoms with Crippen molar-refractivity contribution in [2.45, 2.75) is 316 Å². The van der Waals surface area contributed by atoms with Crippen LogP contribution >= 0.6 is 0 Å². The van der Waals surface area contributed by atoms with Crippen molar-refractivity contribution in [1.29, 1.82) is 0 Å². The van der Waals surface area contributed by atoms with E-state index in [1.807, 2.05) is 0 Å². The molecule has 0 radical (unpaired) electrons. The summed E-state index contributed by atoms with van der Waals surface area (Å²) in [6, 6.07) is 107. The van der Waals surface area contributed by atoms with Gasteiger partial charge < -0.3 is 0 Å². The quantitative estimate of drug-likeness (QED) is 0.0803. The lowest BCUT2D eigenvalue weighted by molar-refractivity contribution is 0.834. The van der Waals surface area contributed by atoms with Gasteiger partial charge >= 0.3 is 0 Å². The average Bonchev–Trinajstić information content (AvgIpc) is 0.797. The topological polar surface area (TPSA) is 0 Å². The van der Waals surface area contributed by atoms with Gasteiger partial charge in [0.05, 0.1) is 0 Å². The largest absolute Gasteiger partial charge is 0.0617 e. The van der Waals surface area contributed by atoms with Crippen LogP contribution < -0.4 is 0 Å². The zero-order valence-electron chi connectivity index (χ0n) is 83.0. The molecule has 656 valence electrons. The van der Waals surface area contributed by atoms with Crippen LogP contribution in [-0.2, 0) is 0 Å². The number of fused-ring (bicyclic) bond motifs is 4. The third-order valence-corrected chi connectivity index (χ3v) is 24.4. The fourth-order valence-corrected chi connectivity index (χ4v) is 15.5. The Morgan fingerprint density at radius 3 is 0.565 bits per heavy atom. The molecule has 0 aliphatic rings. The lowest BCUT2D eigenvalue weighted by atomic mass is 9.89. The van der Waals surface area contributed by atoms with Crippen molar-refractivity contribution in [2.24, 2.45) is 0 Å². The van der Waals surface area contributed by atoms with Gasteiger partial charge in [0.2, 0.25) is 0 Å². The molecule has 14 aromatic rings. The second kappa shape index (κ2) is 49.1. The van der Waals surface area contributed by atoms with Gasteiger partial charge in [-0.05, 0) is 249 Å². The van der Waals surface area contributed by atoms with Crippen molar-refractivity contribution in [3.63, 3.8) is 0 Å². The molecule has 0 N–H and O–H groups in total. The van der Waals surface area contributed by atoms with Gasteiger partial charge in [-0.2, -0.15) is 0 Å². The van der Waals surface area contributed by atoms with Gasteiger partial charge in [-0.15, -0.1) is 0 Å². The third kappa shape index (κ3) is 30.2. The molecule has 14 aromatic carbocycles. The number of hydrogen-bond acceptors (Lipinski definition) is 0. The molecule has 0 saturated carbocycles. The van der Waals surface area contributed by atoms with Crippen LogP contribution in [0.2, 0.25) is 0 Å². The highest BCUT2D eigenvalue weighted by Gasteiger charge is 2.15. The first kappa shape index (κ1) is 101. The monoisotopic (exact) mass is 1650 g/mol. The first-order valence-electron chi connectivity index (χ1n) is 47.5. The second-order valence-electron chi connectivity index (χ2n) is 39.6. The van der Waals surface area contributed by atoms with E-state index < -0.39 is 0 Å². The molecule has 0 fully saturated rings. The van der Waals surface area contributed by atoms with E-state index in [4.69, 9.17) is 0 Å². The van der Waals surface area contributed by atoms with Gasteiger partial charge in [0, 0.05) is 0 Å². The van der Waals surface area contributed by atoms with E-state index in [0.29, 0.717) is 94.7 Å². The predicted octanol–water partition coefficient (Wildman–Crippen LogP) is 39.4. The third-order valence-electron chi connectivity index (χ3n) is 24.4. The van der Waals surface area contributed by atoms with Crippen LogP contribution in [0.4, 0.5) is 0 Å². The Morgan fingerprint density at radius 2 is 0.306 bits per heavy atom. The van der Waals surface area contributed by atoms with Gasteiger partial charge in [-0.3, -0.25) is 0 Å². The first-order valence-corrected chi connectivity index (χ1v) is 47.5. The standard InChI is InChI=1S/2C18H22.4C16H20.2C12H18/c1-13(2)15-5-9-17(10-6-15)18-11-7-16(8-12-18)14(3)4;1-13(2)15-7-5-9-17(11-15)18-10-6-8-16(12-18)14(3)4;1-11(2)13-5-7-16-10-14(12(3)4)6-8-15(16)9-13;1-11(2)14-7-5-13-6-8-15(12(3)4)10-16(13)9-14;1-11(2)13-7-5-10-16-14(12(3)4)8-6-9-15(13)16;1-11(2)13-9-10-14(12(3)4)16-8-6-5-7-15(13)16;1-9(2)11-5-7-12(8-6-11)10(3)4;1-9(2)11-6-5-7-12(8-11)10(3)4/h2*5-14H,1-4H3;4*5-12H,1-4H3;2*5-10H,1-4H3. The summed E-state index contributed by atoms with van der Waals surface area (Å²) in [6.45, 7) is 71.7. The molecule has 0 heteroatoms. The Labute approximate surface area is 756 Å². The van der Waals surface area contributed by atoms with Gasteiger partial charge in [-0.25, -0.2) is 0 Å². The summed E-state index contributed by atoms with van der Waals surface area (Å²) < 4.78 is 0. The van der Waals surface area contributed by atoms with E-state index in [-0.39, 0.29) is 0 Å². The lowest BCUT2D eigenvalue weighted by Gasteiger charge is -2.15. The zero-order valence-corrected chi connectivity index (χ0v) is 83.0. The maximum absolute atomic E-state index is 2.33. The molecule has 124 heavy (non-hydrogen) atoms. The highest BCUT2D eigenvalue weighted by molar-refractivity contribution is 5.91. The van der Waals surface area contributed by atoms with Crippen molar-refractivity contribution in [3.05, 3.63) is 380 Å². The fourth-order valence-electron chi connectivity index (χ4n) is 15.5. The summed E-state index contributed by atoms with van der Waals surface area (Å²) in [4.78, 5) is 0. The van der Waals surface area contributed by atoms with Gasteiger partial charge in [-0.1, -0.05) is 513 Å². The fraction of sp³-hybridized carbons (Fsp3) is 0.387. The minimum Gasteiger partial charge on any atom is -0.0617 e. The summed E-state index contributed by atoms with van der Waals surface area (Å²) in [5.74, 6) is 9.71. The summed E-state index contributed by atoms with van der Waals surface area (Å²) in [5, 5.41) is 11.1. The van der Waals surface area contributed by atoms with Crippen LogP contribution in [0.25, 0.3) is 65.3 Å². The highest BCUT2D eigenvalue weighted by atomic mass is 14.2. The molecule has 0 atom stereocenters. The molecule has 0 nitrogen and oxygen atoms in total. The molecule has 0 aliphatic carbocycles. The normalized spacial score (nSPS) is 11.4. The molecule has 0 amide bonds. The second-order valence-corrected chi connectivity index (χ2v) is 39.6. The minimum absolute atomic E-state index is 0.582. The Hall–Kier alpha value is -9.88. The Bertz CT molecular complexity index is 5120. The van der Waals surface area contributed by atoms with Gasteiger partial charge in [0.15, 0.2) is 0 Å². The molecule has 0 aliphatic heterocycles. The minimum atomic E-state index is 0.582. The van der Waals surface area contributed by atoms with E-state index in [0.717, 1.165) is 0 Å². The molecule has 0 unspecified atom stereocenters. The van der Waals surface area contributed by atoms with E-state index in [1.165, 1.54) is 154 Å².